The van der Waals surface area contributed by atoms with Gasteiger partial charge in [0.15, 0.2) is 17.4 Å². The molecule has 2 aliphatic heterocycles. The minimum absolute atomic E-state index is 0.0370. The Kier molecular flexibility index (Phi) is 7.15. The van der Waals surface area contributed by atoms with Crippen LogP contribution in [0, 0.1) is 11.6 Å². The van der Waals surface area contributed by atoms with Gasteiger partial charge in [-0.15, -0.1) is 0 Å². The van der Waals surface area contributed by atoms with E-state index < -0.39 is 11.6 Å². The van der Waals surface area contributed by atoms with Crippen molar-refractivity contribution in [3.63, 3.8) is 0 Å². The molecule has 5 rings (SSSR count). The van der Waals surface area contributed by atoms with Gasteiger partial charge in [-0.1, -0.05) is 13.8 Å². The van der Waals surface area contributed by atoms with Crippen molar-refractivity contribution in [1.82, 2.24) is 15.3 Å². The van der Waals surface area contributed by atoms with Gasteiger partial charge in [-0.2, -0.15) is 0 Å². The van der Waals surface area contributed by atoms with E-state index in [0.717, 1.165) is 38.1 Å². The van der Waals surface area contributed by atoms with Gasteiger partial charge < -0.3 is 25.2 Å². The number of benzene rings is 2. The van der Waals surface area contributed by atoms with Gasteiger partial charge in [0, 0.05) is 49.2 Å². The maximum absolute atomic E-state index is 15.0. The van der Waals surface area contributed by atoms with Crippen molar-refractivity contribution in [3.05, 3.63) is 53.7 Å². The lowest BCUT2D eigenvalue weighted by Gasteiger charge is -2.34. The van der Waals surface area contributed by atoms with Crippen LogP contribution in [0.25, 0.3) is 11.3 Å². The summed E-state index contributed by atoms with van der Waals surface area (Å²) in [7, 11) is 0. The number of hydrogen-bond acceptors (Lipinski definition) is 7. The van der Waals surface area contributed by atoms with E-state index in [0.29, 0.717) is 30.3 Å². The number of piperazine rings is 1. The molecule has 0 atom stereocenters. The number of anilines is 4. The van der Waals surface area contributed by atoms with Crippen molar-refractivity contribution in [2.24, 2.45) is 0 Å². The molecule has 1 saturated heterocycles. The normalized spacial score (nSPS) is 15.7. The van der Waals surface area contributed by atoms with Crippen LogP contribution in [0.2, 0.25) is 0 Å². The molecule has 0 bridgehead atoms. The van der Waals surface area contributed by atoms with E-state index in [4.69, 9.17) is 4.74 Å². The van der Waals surface area contributed by atoms with Crippen LogP contribution in [0.15, 0.2) is 36.5 Å². The molecule has 7 nitrogen and oxygen atoms in total. The van der Waals surface area contributed by atoms with E-state index in [1.807, 2.05) is 19.9 Å². The van der Waals surface area contributed by atoms with Crippen molar-refractivity contribution in [3.8, 4) is 17.0 Å². The van der Waals surface area contributed by atoms with Crippen LogP contribution in [0.3, 0.4) is 0 Å². The van der Waals surface area contributed by atoms with E-state index in [1.54, 1.807) is 6.07 Å². The second kappa shape index (κ2) is 10.5. The van der Waals surface area contributed by atoms with E-state index in [1.165, 1.54) is 17.3 Å². The monoisotopic (exact) mass is 508 g/mol. The van der Waals surface area contributed by atoms with Crippen molar-refractivity contribution in [1.29, 1.82) is 0 Å². The van der Waals surface area contributed by atoms with Crippen molar-refractivity contribution in [2.45, 2.75) is 39.7 Å². The van der Waals surface area contributed by atoms with Crippen LogP contribution in [0.4, 0.5) is 31.8 Å². The summed E-state index contributed by atoms with van der Waals surface area (Å²) in [5.41, 5.74) is 4.25. The van der Waals surface area contributed by atoms with Gasteiger partial charge in [0.1, 0.15) is 12.3 Å². The zero-order valence-corrected chi connectivity index (χ0v) is 21.8. The fourth-order valence-electron chi connectivity index (χ4n) is 5.02. The second-order valence-corrected chi connectivity index (χ2v) is 10.1. The summed E-state index contributed by atoms with van der Waals surface area (Å²) in [6.45, 7) is 13.3. The number of fused-ring (bicyclic) bond motifs is 1. The number of halogens is 2. The van der Waals surface area contributed by atoms with Gasteiger partial charge in [-0.25, -0.2) is 18.7 Å². The Labute approximate surface area is 216 Å². The molecule has 0 spiro atoms. The quantitative estimate of drug-likeness (QED) is 0.468. The minimum atomic E-state index is -0.616. The zero-order chi connectivity index (χ0) is 26.1. The number of nitrogens with one attached hydrogen (secondary N) is 2. The molecule has 0 radical (unpaired) electrons. The Morgan fingerprint density at radius 2 is 1.76 bits per heavy atom. The van der Waals surface area contributed by atoms with Crippen molar-refractivity contribution in [2.75, 3.05) is 54.4 Å². The molecule has 2 aromatic carbocycles. The maximum atomic E-state index is 15.0. The van der Waals surface area contributed by atoms with Crippen molar-refractivity contribution < 1.29 is 13.5 Å². The highest BCUT2D eigenvalue weighted by atomic mass is 19.1. The fourth-order valence-corrected chi connectivity index (χ4v) is 5.02. The first-order valence-electron chi connectivity index (χ1n) is 12.9. The van der Waals surface area contributed by atoms with Crippen molar-refractivity contribution >= 4 is 23.0 Å². The lowest BCUT2D eigenvalue weighted by Crippen LogP contribution is -2.43. The summed E-state index contributed by atoms with van der Waals surface area (Å²) in [4.78, 5) is 13.0. The van der Waals surface area contributed by atoms with Gasteiger partial charge in [-0.3, -0.25) is 0 Å². The number of aromatic nitrogens is 2. The molecule has 2 aliphatic rings. The van der Waals surface area contributed by atoms with Gasteiger partial charge in [0.05, 0.1) is 18.4 Å². The Morgan fingerprint density at radius 1 is 0.973 bits per heavy atom. The molecule has 196 valence electrons. The molecular formula is C28H34F2N6O. The second-order valence-electron chi connectivity index (χ2n) is 10.1. The average Bonchev–Trinajstić information content (AvgIpc) is 2.89. The van der Waals surface area contributed by atoms with Gasteiger partial charge in [0.25, 0.3) is 0 Å². The van der Waals surface area contributed by atoms with Crippen LogP contribution in [0.5, 0.6) is 5.75 Å². The minimum Gasteiger partial charge on any atom is -0.486 e. The average molecular weight is 509 g/mol. The first-order chi connectivity index (χ1) is 17.8. The number of nitrogens with zero attached hydrogens (tertiary/aromatic N) is 4. The Bertz CT molecular complexity index is 1280. The maximum Gasteiger partial charge on any atom is 0.227 e. The third-order valence-corrected chi connectivity index (χ3v) is 6.92. The van der Waals surface area contributed by atoms with Gasteiger partial charge in [-0.05, 0) is 55.7 Å². The molecule has 9 heteroatoms. The number of hydrogen-bond donors (Lipinski definition) is 2. The topological polar surface area (TPSA) is 65.5 Å². The van der Waals surface area contributed by atoms with Crippen LogP contribution in [-0.4, -0.2) is 55.3 Å². The summed E-state index contributed by atoms with van der Waals surface area (Å²) < 4.78 is 35.5. The van der Waals surface area contributed by atoms with E-state index in [9.17, 15) is 4.39 Å². The molecule has 3 heterocycles. The summed E-state index contributed by atoms with van der Waals surface area (Å²) >= 11 is 0. The molecule has 1 aromatic heterocycles. The molecular weight excluding hydrogens is 474 g/mol. The predicted octanol–water partition coefficient (Wildman–Crippen LogP) is 5.31. The predicted molar refractivity (Wildman–Crippen MR) is 144 cm³/mol. The third-order valence-electron chi connectivity index (χ3n) is 6.92. The first-order valence-corrected chi connectivity index (χ1v) is 12.9. The van der Waals surface area contributed by atoms with Crippen LogP contribution in [0.1, 0.15) is 39.2 Å². The third kappa shape index (κ3) is 5.18. The molecule has 0 saturated carbocycles. The smallest absolute Gasteiger partial charge is 0.227 e. The molecule has 0 aliphatic carbocycles. The van der Waals surface area contributed by atoms with Gasteiger partial charge >= 0.3 is 0 Å². The molecule has 0 unspecified atom stereocenters. The highest BCUT2D eigenvalue weighted by Gasteiger charge is 2.26. The molecule has 2 N–H and O–H groups in total. The highest BCUT2D eigenvalue weighted by Crippen LogP contribution is 2.39. The number of ether oxygens (including phenoxy) is 1. The van der Waals surface area contributed by atoms with E-state index in [-0.39, 0.29) is 23.4 Å². The zero-order valence-electron chi connectivity index (χ0n) is 21.8. The molecule has 0 amide bonds. The molecule has 37 heavy (non-hydrogen) atoms. The summed E-state index contributed by atoms with van der Waals surface area (Å²) in [5, 5.41) is 6.62. The summed E-state index contributed by atoms with van der Waals surface area (Å²) in [6.07, 6.45) is 1.12. The SMILES string of the molecule is CC(C)c1cc(Nc2ncc(F)c(-c3cc(F)c4c(c3)N(C(C)C)CCO4)n2)ccc1N1CCNCC1. The molecule has 3 aromatic rings. The number of rotatable bonds is 6. The van der Waals surface area contributed by atoms with Crippen LogP contribution in [-0.2, 0) is 0 Å². The molecule has 1 fully saturated rings. The first kappa shape index (κ1) is 25.2. The largest absolute Gasteiger partial charge is 0.486 e. The van der Waals surface area contributed by atoms with E-state index in [2.05, 4.69) is 56.4 Å². The summed E-state index contributed by atoms with van der Waals surface area (Å²) in [6, 6.07) is 9.37. The van der Waals surface area contributed by atoms with E-state index >= 15 is 4.39 Å². The Hall–Kier alpha value is -3.46. The summed E-state index contributed by atoms with van der Waals surface area (Å²) in [5.74, 6) is -0.385. The van der Waals surface area contributed by atoms with Crippen LogP contribution < -0.4 is 25.2 Å². The lowest BCUT2D eigenvalue weighted by atomic mass is 9.99. The highest BCUT2D eigenvalue weighted by molar-refractivity contribution is 5.73. The Balaban J connectivity index is 1.46. The van der Waals surface area contributed by atoms with Crippen LogP contribution >= 0.6 is 0 Å². The fraction of sp³-hybridized carbons (Fsp3) is 0.429. The van der Waals surface area contributed by atoms with Gasteiger partial charge in [0.2, 0.25) is 5.95 Å². The Morgan fingerprint density at radius 3 is 2.49 bits per heavy atom. The lowest BCUT2D eigenvalue weighted by molar-refractivity contribution is 0.287. The standard InChI is InChI=1S/C28H34F2N6O/c1-17(2)21-15-20(5-6-24(21)35-9-7-31-8-10-35)33-28-32-16-23(30)26(34-28)19-13-22(29)27-25(14-19)36(18(3)4)11-12-37-27/h5-6,13-18,31H,7-12H2,1-4H3,(H,32,33,34).